The van der Waals surface area contributed by atoms with Crippen molar-refractivity contribution >= 4 is 21.7 Å². The number of ketones is 1. The summed E-state index contributed by atoms with van der Waals surface area (Å²) in [4.78, 5) is 18.3. The Morgan fingerprint density at radius 3 is 2.60 bits per heavy atom. The number of rotatable bonds is 2. The van der Waals surface area contributed by atoms with Crippen molar-refractivity contribution in [1.82, 2.24) is 9.97 Å². The van der Waals surface area contributed by atoms with Gasteiger partial charge in [0, 0.05) is 12.4 Å². The molecule has 0 radical (unpaired) electrons. The van der Waals surface area contributed by atoms with Gasteiger partial charge in [-0.05, 0) is 0 Å². The lowest BCUT2D eigenvalue weighted by Gasteiger charge is -1.91. The summed E-state index contributed by atoms with van der Waals surface area (Å²) in [7, 11) is 0. The molecular weight excluding hydrogens is 196 g/mol. The molecule has 1 aromatic heterocycles. The van der Waals surface area contributed by atoms with E-state index in [9.17, 15) is 4.79 Å². The third-order valence-corrected chi connectivity index (χ3v) is 1.51. The number of carbonyl (C=O) groups is 1. The third kappa shape index (κ3) is 1.60. The summed E-state index contributed by atoms with van der Waals surface area (Å²) >= 11 is 3.05. The maximum Gasteiger partial charge on any atom is 0.176 e. The van der Waals surface area contributed by atoms with Crippen LogP contribution in [0.15, 0.2) is 18.7 Å². The first kappa shape index (κ1) is 7.34. The molecule has 0 aliphatic rings. The fourth-order valence-electron chi connectivity index (χ4n) is 0.520. The minimum absolute atomic E-state index is 0.000556. The Morgan fingerprint density at radius 2 is 2.10 bits per heavy atom. The molecule has 0 aliphatic heterocycles. The molecule has 10 heavy (non-hydrogen) atoms. The molecule has 3 nitrogen and oxygen atoms in total. The molecule has 0 unspecified atom stereocenters. The number of hydrogen-bond acceptors (Lipinski definition) is 3. The van der Waals surface area contributed by atoms with Gasteiger partial charge in [0.15, 0.2) is 5.78 Å². The highest BCUT2D eigenvalue weighted by atomic mass is 79.9. The molecule has 1 heterocycles. The normalized spacial score (nSPS) is 9.30. The van der Waals surface area contributed by atoms with Crippen molar-refractivity contribution in [2.75, 3.05) is 5.33 Å². The number of carbonyl (C=O) groups excluding carboxylic acids is 1. The minimum Gasteiger partial charge on any atom is -0.293 e. The predicted octanol–water partition coefficient (Wildman–Crippen LogP) is 1.05. The van der Waals surface area contributed by atoms with Crippen molar-refractivity contribution in [2.24, 2.45) is 0 Å². The lowest BCUT2D eigenvalue weighted by atomic mass is 10.2. The van der Waals surface area contributed by atoms with Gasteiger partial charge in [-0.15, -0.1) is 0 Å². The summed E-state index contributed by atoms with van der Waals surface area (Å²) in [6.45, 7) is 0. The third-order valence-electron chi connectivity index (χ3n) is 1.00. The number of Topliss-reactive ketones (excluding diaryl/α,β-unsaturated/α-hetero) is 1. The van der Waals surface area contributed by atoms with Crippen LogP contribution in [0.5, 0.6) is 0 Å². The summed E-state index contributed by atoms with van der Waals surface area (Å²) in [5, 5.41) is 0.320. The number of hydrogen-bond donors (Lipinski definition) is 0. The molecule has 4 heteroatoms. The van der Waals surface area contributed by atoms with Gasteiger partial charge in [0.1, 0.15) is 6.33 Å². The monoisotopic (exact) mass is 200 g/mol. The maximum absolute atomic E-state index is 10.9. The van der Waals surface area contributed by atoms with Gasteiger partial charge in [0.2, 0.25) is 0 Å². The highest BCUT2D eigenvalue weighted by Gasteiger charge is 2.01. The van der Waals surface area contributed by atoms with Crippen molar-refractivity contribution in [3.8, 4) is 0 Å². The highest BCUT2D eigenvalue weighted by molar-refractivity contribution is 9.09. The molecule has 1 aromatic rings. The molecule has 0 aromatic carbocycles. The Kier molecular flexibility index (Phi) is 2.50. The Morgan fingerprint density at radius 1 is 1.50 bits per heavy atom. The predicted molar refractivity (Wildman–Crippen MR) is 40.2 cm³/mol. The van der Waals surface area contributed by atoms with E-state index in [2.05, 4.69) is 25.9 Å². The van der Waals surface area contributed by atoms with Gasteiger partial charge < -0.3 is 0 Å². The van der Waals surface area contributed by atoms with Crippen LogP contribution in [0.25, 0.3) is 0 Å². The Balaban J connectivity index is 2.85. The lowest BCUT2D eigenvalue weighted by Crippen LogP contribution is -2.00. The zero-order chi connectivity index (χ0) is 7.40. The van der Waals surface area contributed by atoms with E-state index in [1.54, 1.807) is 0 Å². The van der Waals surface area contributed by atoms with Crippen LogP contribution >= 0.6 is 15.9 Å². The highest BCUT2D eigenvalue weighted by Crippen LogP contribution is 1.96. The summed E-state index contributed by atoms with van der Waals surface area (Å²) in [6, 6.07) is 0. The van der Waals surface area contributed by atoms with Crippen molar-refractivity contribution in [3.63, 3.8) is 0 Å². The Hall–Kier alpha value is -0.770. The molecule has 0 spiro atoms. The van der Waals surface area contributed by atoms with E-state index in [0.29, 0.717) is 10.9 Å². The van der Waals surface area contributed by atoms with Crippen LogP contribution in [0.1, 0.15) is 10.4 Å². The van der Waals surface area contributed by atoms with Crippen LogP contribution in [0.3, 0.4) is 0 Å². The number of nitrogens with zero attached hydrogens (tertiary/aromatic N) is 2. The Labute approximate surface area is 66.6 Å². The second-order valence-corrected chi connectivity index (χ2v) is 2.24. The number of aromatic nitrogens is 2. The van der Waals surface area contributed by atoms with E-state index in [-0.39, 0.29) is 5.78 Å². The van der Waals surface area contributed by atoms with Crippen LogP contribution < -0.4 is 0 Å². The average molecular weight is 201 g/mol. The summed E-state index contributed by atoms with van der Waals surface area (Å²) in [6.07, 6.45) is 4.39. The topological polar surface area (TPSA) is 42.9 Å². The minimum atomic E-state index is 0.000556. The van der Waals surface area contributed by atoms with E-state index in [4.69, 9.17) is 0 Å². The molecule has 0 amide bonds. The molecule has 0 aliphatic carbocycles. The quantitative estimate of drug-likeness (QED) is 0.530. The second kappa shape index (κ2) is 3.41. The van der Waals surface area contributed by atoms with E-state index in [1.165, 1.54) is 18.7 Å². The van der Waals surface area contributed by atoms with Gasteiger partial charge >= 0.3 is 0 Å². The summed E-state index contributed by atoms with van der Waals surface area (Å²) < 4.78 is 0. The van der Waals surface area contributed by atoms with Crippen molar-refractivity contribution in [1.29, 1.82) is 0 Å². The summed E-state index contributed by atoms with van der Waals surface area (Å²) in [5.41, 5.74) is 0.541. The van der Waals surface area contributed by atoms with Crippen molar-refractivity contribution < 1.29 is 4.79 Å². The second-order valence-electron chi connectivity index (χ2n) is 1.68. The molecule has 0 saturated heterocycles. The van der Waals surface area contributed by atoms with Crippen molar-refractivity contribution in [2.45, 2.75) is 0 Å². The molecule has 0 atom stereocenters. The van der Waals surface area contributed by atoms with Gasteiger partial charge in [-0.3, -0.25) is 4.79 Å². The molecule has 0 bridgehead atoms. The fourth-order valence-corrected chi connectivity index (χ4v) is 0.844. The average Bonchev–Trinajstić information content (AvgIpc) is 2.05. The van der Waals surface area contributed by atoms with E-state index in [0.717, 1.165) is 0 Å². The number of halogens is 1. The first-order valence-electron chi connectivity index (χ1n) is 2.69. The van der Waals surface area contributed by atoms with Crippen LogP contribution in [0.2, 0.25) is 0 Å². The zero-order valence-corrected chi connectivity index (χ0v) is 6.71. The lowest BCUT2D eigenvalue weighted by molar-refractivity contribution is 0.102. The van der Waals surface area contributed by atoms with Crippen LogP contribution in [-0.2, 0) is 0 Å². The van der Waals surface area contributed by atoms with E-state index >= 15 is 0 Å². The van der Waals surface area contributed by atoms with Gasteiger partial charge in [-0.25, -0.2) is 9.97 Å². The van der Waals surface area contributed by atoms with Crippen LogP contribution in [0.4, 0.5) is 0 Å². The molecule has 52 valence electrons. The first-order valence-corrected chi connectivity index (χ1v) is 3.81. The first-order chi connectivity index (χ1) is 4.84. The summed E-state index contributed by atoms with van der Waals surface area (Å²) in [5.74, 6) is 0.000556. The number of alkyl halides is 1. The van der Waals surface area contributed by atoms with Crippen molar-refractivity contribution in [3.05, 3.63) is 24.3 Å². The smallest absolute Gasteiger partial charge is 0.176 e. The SMILES string of the molecule is O=C(CBr)c1cncnc1. The largest absolute Gasteiger partial charge is 0.293 e. The Bertz CT molecular complexity index is 224. The van der Waals surface area contributed by atoms with E-state index in [1.807, 2.05) is 0 Å². The fraction of sp³-hybridized carbons (Fsp3) is 0.167. The standard InChI is InChI=1S/C6H5BrN2O/c7-1-6(10)5-2-8-4-9-3-5/h2-4H,1H2. The molecular formula is C6H5BrN2O. The molecule has 0 saturated carbocycles. The van der Waals surface area contributed by atoms with Crippen LogP contribution in [0, 0.1) is 0 Å². The molecule has 0 fully saturated rings. The van der Waals surface area contributed by atoms with E-state index < -0.39 is 0 Å². The van der Waals surface area contributed by atoms with Gasteiger partial charge in [-0.1, -0.05) is 15.9 Å². The van der Waals surface area contributed by atoms with Gasteiger partial charge in [0.05, 0.1) is 10.9 Å². The zero-order valence-electron chi connectivity index (χ0n) is 5.12. The van der Waals surface area contributed by atoms with Crippen LogP contribution in [-0.4, -0.2) is 21.1 Å². The molecule has 1 rings (SSSR count). The molecule has 0 N–H and O–H groups in total. The maximum atomic E-state index is 10.9. The van der Waals surface area contributed by atoms with Gasteiger partial charge in [-0.2, -0.15) is 0 Å². The van der Waals surface area contributed by atoms with Gasteiger partial charge in [0.25, 0.3) is 0 Å².